The number of halogens is 4. The summed E-state index contributed by atoms with van der Waals surface area (Å²) in [6, 6.07) is 2.02. The Labute approximate surface area is 145 Å². The number of carbonyl (C=O) groups is 1. The van der Waals surface area contributed by atoms with Gasteiger partial charge in [0.2, 0.25) is 0 Å². The van der Waals surface area contributed by atoms with Gasteiger partial charge in [-0.1, -0.05) is 11.6 Å². The van der Waals surface area contributed by atoms with Crippen LogP contribution in [0.5, 0.6) is 0 Å². The van der Waals surface area contributed by atoms with Crippen molar-refractivity contribution in [1.82, 2.24) is 14.3 Å². The van der Waals surface area contributed by atoms with Crippen LogP contribution in [0.2, 0.25) is 5.02 Å². The monoisotopic (exact) mass is 377 g/mol. The molecular formula is C15H15ClF3N3O3. The molecule has 0 aliphatic carbocycles. The van der Waals surface area contributed by atoms with Crippen LogP contribution >= 0.6 is 11.6 Å². The van der Waals surface area contributed by atoms with E-state index in [2.05, 4.69) is 5.10 Å². The molecule has 1 unspecified atom stereocenters. The number of benzene rings is 1. The summed E-state index contributed by atoms with van der Waals surface area (Å²) >= 11 is 5.97. The fourth-order valence-corrected chi connectivity index (χ4v) is 2.61. The van der Waals surface area contributed by atoms with Crippen LogP contribution in [-0.4, -0.2) is 26.9 Å². The van der Waals surface area contributed by atoms with Crippen LogP contribution in [0, 0.1) is 12.7 Å². The highest BCUT2D eigenvalue weighted by Gasteiger charge is 2.24. The first-order valence-corrected chi connectivity index (χ1v) is 7.69. The molecule has 1 atom stereocenters. The fraction of sp³-hybridized carbons (Fsp3) is 0.400. The molecule has 2 aromatic rings. The number of hydrogen-bond donors (Lipinski definition) is 0. The van der Waals surface area contributed by atoms with Crippen molar-refractivity contribution in [1.29, 1.82) is 0 Å². The van der Waals surface area contributed by atoms with E-state index >= 15 is 0 Å². The second kappa shape index (κ2) is 7.30. The molecule has 6 nitrogen and oxygen atoms in total. The SMILES string of the molecule is CCOC(=O)C(C)c1cc(-n2nc(C)n(C(F)F)c2=O)c(F)cc1Cl. The Bertz CT molecular complexity index is 864. The van der Waals surface area contributed by atoms with Gasteiger partial charge in [0.15, 0.2) is 5.82 Å². The number of carbonyl (C=O) groups excluding carboxylic acids is 1. The van der Waals surface area contributed by atoms with E-state index in [0.29, 0.717) is 4.68 Å². The number of aromatic nitrogens is 3. The molecule has 25 heavy (non-hydrogen) atoms. The van der Waals surface area contributed by atoms with Crippen LogP contribution in [0.1, 0.15) is 37.7 Å². The molecular weight excluding hydrogens is 363 g/mol. The van der Waals surface area contributed by atoms with E-state index in [1.807, 2.05) is 0 Å². The molecule has 0 aliphatic rings. The van der Waals surface area contributed by atoms with Gasteiger partial charge < -0.3 is 4.74 Å². The van der Waals surface area contributed by atoms with Crippen LogP contribution in [0.15, 0.2) is 16.9 Å². The number of aryl methyl sites for hydroxylation is 1. The van der Waals surface area contributed by atoms with Crippen molar-refractivity contribution in [2.45, 2.75) is 33.2 Å². The second-order valence-corrected chi connectivity index (χ2v) is 5.60. The summed E-state index contributed by atoms with van der Waals surface area (Å²) in [7, 11) is 0. The topological polar surface area (TPSA) is 66.1 Å². The highest BCUT2D eigenvalue weighted by atomic mass is 35.5. The quantitative estimate of drug-likeness (QED) is 0.750. The molecule has 0 saturated carbocycles. The van der Waals surface area contributed by atoms with Gasteiger partial charge in [0, 0.05) is 5.02 Å². The number of alkyl halides is 2. The Morgan fingerprint density at radius 1 is 1.40 bits per heavy atom. The zero-order valence-electron chi connectivity index (χ0n) is 13.6. The Hall–Kier alpha value is -2.29. The van der Waals surface area contributed by atoms with E-state index in [1.165, 1.54) is 13.8 Å². The smallest absolute Gasteiger partial charge is 0.355 e. The summed E-state index contributed by atoms with van der Waals surface area (Å²) in [5.41, 5.74) is -1.40. The lowest BCUT2D eigenvalue weighted by atomic mass is 10.0. The lowest BCUT2D eigenvalue weighted by molar-refractivity contribution is -0.144. The highest BCUT2D eigenvalue weighted by molar-refractivity contribution is 6.31. The summed E-state index contributed by atoms with van der Waals surface area (Å²) in [6.07, 6.45) is 0. The maximum atomic E-state index is 14.3. The average Bonchev–Trinajstić information content (AvgIpc) is 2.81. The number of rotatable bonds is 5. The normalized spacial score (nSPS) is 12.5. The van der Waals surface area contributed by atoms with Gasteiger partial charge in [0.25, 0.3) is 0 Å². The minimum Gasteiger partial charge on any atom is -0.466 e. The zero-order valence-corrected chi connectivity index (χ0v) is 14.4. The molecule has 136 valence electrons. The lowest BCUT2D eigenvalue weighted by Gasteiger charge is -2.14. The van der Waals surface area contributed by atoms with Crippen molar-refractivity contribution in [3.05, 3.63) is 44.8 Å². The first kappa shape index (κ1) is 19.0. The Morgan fingerprint density at radius 2 is 2.04 bits per heavy atom. The predicted octanol–water partition coefficient (Wildman–Crippen LogP) is 3.20. The van der Waals surface area contributed by atoms with Crippen LogP contribution in [0.3, 0.4) is 0 Å². The summed E-state index contributed by atoms with van der Waals surface area (Å²) in [5, 5.41) is 3.61. The first-order chi connectivity index (χ1) is 11.7. The minimum absolute atomic E-state index is 0.0557. The van der Waals surface area contributed by atoms with Gasteiger partial charge in [-0.25, -0.2) is 13.8 Å². The molecule has 1 aromatic heterocycles. The molecule has 0 radical (unpaired) electrons. The third-order valence-corrected chi connectivity index (χ3v) is 3.90. The summed E-state index contributed by atoms with van der Waals surface area (Å²) in [5.74, 6) is -2.66. The molecule has 1 heterocycles. The van der Waals surface area contributed by atoms with Crippen LogP contribution < -0.4 is 5.69 Å². The molecule has 0 N–H and O–H groups in total. The average molecular weight is 378 g/mol. The van der Waals surface area contributed by atoms with E-state index in [0.717, 1.165) is 12.1 Å². The summed E-state index contributed by atoms with van der Waals surface area (Å²) < 4.78 is 45.6. The molecule has 0 fully saturated rings. The van der Waals surface area contributed by atoms with E-state index in [9.17, 15) is 22.8 Å². The summed E-state index contributed by atoms with van der Waals surface area (Å²) in [4.78, 5) is 24.0. The Balaban J connectivity index is 2.61. The molecule has 1 aromatic carbocycles. The van der Waals surface area contributed by atoms with Crippen LogP contribution in [0.4, 0.5) is 13.2 Å². The van der Waals surface area contributed by atoms with Gasteiger partial charge in [-0.3, -0.25) is 4.79 Å². The largest absolute Gasteiger partial charge is 0.466 e. The van der Waals surface area contributed by atoms with Gasteiger partial charge in [-0.15, -0.1) is 5.10 Å². The third kappa shape index (κ3) is 3.55. The van der Waals surface area contributed by atoms with Crippen LogP contribution in [-0.2, 0) is 9.53 Å². The van der Waals surface area contributed by atoms with E-state index in [-0.39, 0.29) is 33.3 Å². The zero-order chi connectivity index (χ0) is 18.9. The standard InChI is InChI=1S/C15H15ClF3N3O3/c1-4-25-13(23)7(2)9-5-12(11(17)6-10(9)16)22-15(24)21(14(18)19)8(3)20-22/h5-7,14H,4H2,1-3H3. The maximum absolute atomic E-state index is 14.3. The van der Waals surface area contributed by atoms with Crippen molar-refractivity contribution in [2.24, 2.45) is 0 Å². The number of ether oxygens (including phenoxy) is 1. The first-order valence-electron chi connectivity index (χ1n) is 7.31. The summed E-state index contributed by atoms with van der Waals surface area (Å²) in [6.45, 7) is 1.34. The van der Waals surface area contributed by atoms with Crippen LogP contribution in [0.25, 0.3) is 5.69 Å². The van der Waals surface area contributed by atoms with Gasteiger partial charge in [0.1, 0.15) is 11.5 Å². The number of esters is 1. The van der Waals surface area contributed by atoms with E-state index < -0.39 is 29.9 Å². The number of hydrogen-bond acceptors (Lipinski definition) is 4. The highest BCUT2D eigenvalue weighted by Crippen LogP contribution is 2.29. The Kier molecular flexibility index (Phi) is 5.56. The van der Waals surface area contributed by atoms with Gasteiger partial charge in [0.05, 0.1) is 12.5 Å². The molecule has 0 bridgehead atoms. The lowest BCUT2D eigenvalue weighted by Crippen LogP contribution is -2.25. The van der Waals surface area contributed by atoms with Crippen molar-refractivity contribution in [2.75, 3.05) is 6.61 Å². The van der Waals surface area contributed by atoms with E-state index in [1.54, 1.807) is 6.92 Å². The molecule has 0 amide bonds. The predicted molar refractivity (Wildman–Crippen MR) is 83.8 cm³/mol. The molecule has 0 aliphatic heterocycles. The molecule has 0 spiro atoms. The van der Waals surface area contributed by atoms with Gasteiger partial charge >= 0.3 is 18.2 Å². The minimum atomic E-state index is -3.12. The number of nitrogens with zero attached hydrogens (tertiary/aromatic N) is 3. The third-order valence-electron chi connectivity index (χ3n) is 3.58. The van der Waals surface area contributed by atoms with Crippen molar-refractivity contribution in [3.63, 3.8) is 0 Å². The van der Waals surface area contributed by atoms with Crippen molar-refractivity contribution < 1.29 is 22.7 Å². The fourth-order valence-electron chi connectivity index (χ4n) is 2.30. The maximum Gasteiger partial charge on any atom is 0.355 e. The molecule has 0 saturated heterocycles. The van der Waals surface area contributed by atoms with Gasteiger partial charge in [-0.2, -0.15) is 13.5 Å². The molecule has 10 heteroatoms. The second-order valence-electron chi connectivity index (χ2n) is 5.19. The van der Waals surface area contributed by atoms with E-state index in [4.69, 9.17) is 16.3 Å². The van der Waals surface area contributed by atoms with Gasteiger partial charge in [-0.05, 0) is 38.5 Å². The van der Waals surface area contributed by atoms with Crippen molar-refractivity contribution in [3.8, 4) is 5.69 Å². The molecule has 2 rings (SSSR count). The van der Waals surface area contributed by atoms with Crippen molar-refractivity contribution >= 4 is 17.6 Å². The Morgan fingerprint density at radius 3 is 2.56 bits per heavy atom.